The number of carbonyl (C=O) groups excluding carboxylic acids is 1. The Morgan fingerprint density at radius 1 is 1.33 bits per heavy atom. The lowest BCUT2D eigenvalue weighted by molar-refractivity contribution is -0.155. The second kappa shape index (κ2) is 4.77. The van der Waals surface area contributed by atoms with Crippen molar-refractivity contribution in [3.8, 4) is 0 Å². The molecule has 0 spiro atoms. The van der Waals surface area contributed by atoms with Gasteiger partial charge in [0.2, 0.25) is 5.91 Å². The van der Waals surface area contributed by atoms with E-state index >= 15 is 0 Å². The van der Waals surface area contributed by atoms with Gasteiger partial charge in [0.05, 0.1) is 11.3 Å². The van der Waals surface area contributed by atoms with Gasteiger partial charge in [0.1, 0.15) is 0 Å². The van der Waals surface area contributed by atoms with E-state index in [2.05, 4.69) is 0 Å². The summed E-state index contributed by atoms with van der Waals surface area (Å²) in [6, 6.07) is 0. The summed E-state index contributed by atoms with van der Waals surface area (Å²) in [6.45, 7) is 2.71. The van der Waals surface area contributed by atoms with Crippen LogP contribution in [0.3, 0.4) is 0 Å². The minimum absolute atomic E-state index is 0.123. The molecule has 86 valence electrons. The maximum absolute atomic E-state index is 11.0. The number of amides is 1. The van der Waals surface area contributed by atoms with Crippen LogP contribution >= 0.6 is 0 Å². The Hall–Kier alpha value is -1.59. The lowest BCUT2D eigenvalue weighted by Gasteiger charge is -2.28. The third-order valence-corrected chi connectivity index (χ3v) is 2.73. The first kappa shape index (κ1) is 13.4. The Morgan fingerprint density at radius 2 is 1.80 bits per heavy atom. The van der Waals surface area contributed by atoms with E-state index in [0.717, 1.165) is 0 Å². The second-order valence-electron chi connectivity index (χ2n) is 3.74. The molecule has 0 aromatic heterocycles. The lowest BCUT2D eigenvalue weighted by atomic mass is 9.74. The molecule has 6 nitrogen and oxygen atoms in total. The van der Waals surface area contributed by atoms with Gasteiger partial charge in [0.25, 0.3) is 0 Å². The van der Waals surface area contributed by atoms with Crippen LogP contribution in [0, 0.1) is 11.3 Å². The number of hydrogen-bond donors (Lipinski definition) is 3. The standard InChI is InChI=1S/C9H15NO5/c1-5(7(10)13)9(2,8(14)15)4-3-6(11)12/h5H,3-4H2,1-2H3,(H2,10,13)(H,11,12)(H,14,15)/t5?,9-/m0/s1. The molecule has 0 radical (unpaired) electrons. The van der Waals surface area contributed by atoms with Crippen LogP contribution in [-0.2, 0) is 14.4 Å². The molecule has 0 saturated heterocycles. The van der Waals surface area contributed by atoms with E-state index < -0.39 is 29.2 Å². The van der Waals surface area contributed by atoms with Crippen LogP contribution in [0.4, 0.5) is 0 Å². The number of nitrogens with two attached hydrogens (primary N) is 1. The molecule has 1 amide bonds. The molecule has 0 aromatic carbocycles. The maximum Gasteiger partial charge on any atom is 0.310 e. The lowest BCUT2D eigenvalue weighted by Crippen LogP contribution is -2.41. The van der Waals surface area contributed by atoms with Gasteiger partial charge < -0.3 is 15.9 Å². The van der Waals surface area contributed by atoms with Gasteiger partial charge in [-0.15, -0.1) is 0 Å². The number of aliphatic carboxylic acids is 2. The molecule has 6 heteroatoms. The zero-order valence-electron chi connectivity index (χ0n) is 8.69. The van der Waals surface area contributed by atoms with E-state index in [4.69, 9.17) is 15.9 Å². The van der Waals surface area contributed by atoms with Crippen molar-refractivity contribution in [3.05, 3.63) is 0 Å². The number of carboxylic acid groups (broad SMARTS) is 2. The van der Waals surface area contributed by atoms with Crippen LogP contribution in [0.1, 0.15) is 26.7 Å². The molecule has 0 aromatic rings. The quantitative estimate of drug-likeness (QED) is 0.581. The van der Waals surface area contributed by atoms with Crippen molar-refractivity contribution >= 4 is 17.8 Å². The molecule has 0 aliphatic heterocycles. The summed E-state index contributed by atoms with van der Waals surface area (Å²) in [6.07, 6.45) is -0.428. The third-order valence-electron chi connectivity index (χ3n) is 2.73. The average Bonchev–Trinajstić information content (AvgIpc) is 2.12. The number of rotatable bonds is 6. The Balaban J connectivity index is 4.81. The average molecular weight is 217 g/mol. The van der Waals surface area contributed by atoms with Gasteiger partial charge in [-0.2, -0.15) is 0 Å². The zero-order chi connectivity index (χ0) is 12.2. The fourth-order valence-electron chi connectivity index (χ4n) is 1.19. The summed E-state index contributed by atoms with van der Waals surface area (Å²) in [5.74, 6) is -3.96. The van der Waals surface area contributed by atoms with Crippen LogP contribution in [0.2, 0.25) is 0 Å². The van der Waals surface area contributed by atoms with Crippen molar-refractivity contribution in [1.82, 2.24) is 0 Å². The fourth-order valence-corrected chi connectivity index (χ4v) is 1.19. The molecule has 0 rings (SSSR count). The summed E-state index contributed by atoms with van der Waals surface area (Å²) in [5.41, 5.74) is 3.59. The summed E-state index contributed by atoms with van der Waals surface area (Å²) >= 11 is 0. The molecule has 0 aliphatic carbocycles. The van der Waals surface area contributed by atoms with Gasteiger partial charge in [0, 0.05) is 6.42 Å². The largest absolute Gasteiger partial charge is 0.481 e. The van der Waals surface area contributed by atoms with Crippen molar-refractivity contribution in [3.63, 3.8) is 0 Å². The maximum atomic E-state index is 11.0. The van der Waals surface area contributed by atoms with Crippen LogP contribution in [0.15, 0.2) is 0 Å². The highest BCUT2D eigenvalue weighted by Gasteiger charge is 2.41. The SMILES string of the molecule is CC(C(N)=O)[C@](C)(CCC(=O)O)C(=O)O. The third kappa shape index (κ3) is 3.23. The number of carbonyl (C=O) groups is 3. The molecule has 4 N–H and O–H groups in total. The van der Waals surface area contributed by atoms with Crippen molar-refractivity contribution in [2.24, 2.45) is 17.1 Å². The minimum atomic E-state index is -1.43. The summed E-state index contributed by atoms with van der Waals surface area (Å²) in [5, 5.41) is 17.4. The summed E-state index contributed by atoms with van der Waals surface area (Å²) < 4.78 is 0. The van der Waals surface area contributed by atoms with Crippen LogP contribution in [-0.4, -0.2) is 28.1 Å². The van der Waals surface area contributed by atoms with Crippen LogP contribution in [0.5, 0.6) is 0 Å². The molecule has 0 aliphatic rings. The van der Waals surface area contributed by atoms with E-state index in [1.807, 2.05) is 0 Å². The smallest absolute Gasteiger partial charge is 0.310 e. The van der Waals surface area contributed by atoms with E-state index in [1.165, 1.54) is 13.8 Å². The Morgan fingerprint density at radius 3 is 2.07 bits per heavy atom. The first-order valence-electron chi connectivity index (χ1n) is 4.46. The topological polar surface area (TPSA) is 118 Å². The minimum Gasteiger partial charge on any atom is -0.481 e. The monoisotopic (exact) mass is 217 g/mol. The Kier molecular flexibility index (Phi) is 4.26. The van der Waals surface area contributed by atoms with Crippen molar-refractivity contribution in [2.45, 2.75) is 26.7 Å². The van der Waals surface area contributed by atoms with Gasteiger partial charge in [-0.25, -0.2) is 0 Å². The van der Waals surface area contributed by atoms with E-state index in [9.17, 15) is 14.4 Å². The highest BCUT2D eigenvalue weighted by Crippen LogP contribution is 2.32. The van der Waals surface area contributed by atoms with E-state index in [1.54, 1.807) is 0 Å². The van der Waals surface area contributed by atoms with Crippen molar-refractivity contribution < 1.29 is 24.6 Å². The Bertz CT molecular complexity index is 288. The number of primary amides is 1. The molecule has 0 bridgehead atoms. The normalized spacial score (nSPS) is 16.4. The van der Waals surface area contributed by atoms with Gasteiger partial charge in [-0.05, 0) is 13.3 Å². The van der Waals surface area contributed by atoms with Crippen molar-refractivity contribution in [2.75, 3.05) is 0 Å². The van der Waals surface area contributed by atoms with Crippen LogP contribution in [0.25, 0.3) is 0 Å². The molecule has 1 unspecified atom stereocenters. The second-order valence-corrected chi connectivity index (χ2v) is 3.74. The zero-order valence-corrected chi connectivity index (χ0v) is 8.69. The molecule has 15 heavy (non-hydrogen) atoms. The molecule has 0 saturated carbocycles. The van der Waals surface area contributed by atoms with Gasteiger partial charge in [-0.3, -0.25) is 14.4 Å². The summed E-state index contributed by atoms with van der Waals surface area (Å²) in [4.78, 5) is 32.2. The molecule has 0 fully saturated rings. The first-order chi connectivity index (χ1) is 6.71. The molecule has 0 heterocycles. The van der Waals surface area contributed by atoms with E-state index in [-0.39, 0.29) is 12.8 Å². The summed E-state index contributed by atoms with van der Waals surface area (Å²) in [7, 11) is 0. The first-order valence-corrected chi connectivity index (χ1v) is 4.46. The number of carboxylic acids is 2. The van der Waals surface area contributed by atoms with Crippen molar-refractivity contribution in [1.29, 1.82) is 0 Å². The predicted octanol–water partition coefficient (Wildman–Crippen LogP) is 0.0635. The molecular formula is C9H15NO5. The van der Waals surface area contributed by atoms with E-state index in [0.29, 0.717) is 0 Å². The van der Waals surface area contributed by atoms with Crippen LogP contribution < -0.4 is 5.73 Å². The van der Waals surface area contributed by atoms with Gasteiger partial charge >= 0.3 is 11.9 Å². The highest BCUT2D eigenvalue weighted by molar-refractivity contribution is 5.86. The van der Waals surface area contributed by atoms with Gasteiger partial charge in [-0.1, -0.05) is 6.92 Å². The molecule has 2 atom stereocenters. The number of hydrogen-bond acceptors (Lipinski definition) is 3. The highest BCUT2D eigenvalue weighted by atomic mass is 16.4. The fraction of sp³-hybridized carbons (Fsp3) is 0.667. The van der Waals surface area contributed by atoms with Gasteiger partial charge in [0.15, 0.2) is 0 Å². The molecular weight excluding hydrogens is 202 g/mol. The predicted molar refractivity (Wildman–Crippen MR) is 51.0 cm³/mol. The Labute approximate surface area is 87.1 Å².